The van der Waals surface area contributed by atoms with Gasteiger partial charge in [0, 0.05) is 16.6 Å². The minimum absolute atomic E-state index is 0.0894. The highest BCUT2D eigenvalue weighted by Crippen LogP contribution is 2.30. The topological polar surface area (TPSA) is 29.5 Å². The lowest BCUT2D eigenvalue weighted by Gasteiger charge is -2.10. The molecule has 0 fully saturated rings. The predicted molar refractivity (Wildman–Crippen MR) is 56.1 cm³/mol. The normalized spacial score (nSPS) is 10.3. The molecule has 0 aromatic heterocycles. The molecule has 1 aromatic rings. The molecule has 0 amide bonds. The summed E-state index contributed by atoms with van der Waals surface area (Å²) in [6.07, 6.45) is 1.19. The van der Waals surface area contributed by atoms with Gasteiger partial charge < -0.3 is 9.84 Å². The van der Waals surface area contributed by atoms with Gasteiger partial charge in [0.25, 0.3) is 0 Å². The Hall–Kier alpha value is -0.610. The zero-order valence-electron chi connectivity index (χ0n) is 7.89. The molecule has 0 radical (unpaired) electrons. The summed E-state index contributed by atoms with van der Waals surface area (Å²) in [6, 6.07) is 3.00. The van der Waals surface area contributed by atoms with Crippen molar-refractivity contribution < 1.29 is 14.2 Å². The van der Waals surface area contributed by atoms with E-state index in [4.69, 9.17) is 9.84 Å². The van der Waals surface area contributed by atoms with Crippen LogP contribution in [-0.4, -0.2) is 18.8 Å². The molecule has 0 saturated carbocycles. The number of aliphatic hydroxyl groups is 1. The van der Waals surface area contributed by atoms with Crippen molar-refractivity contribution in [3.8, 4) is 5.75 Å². The zero-order valence-corrected chi connectivity index (χ0v) is 9.47. The molecule has 0 aliphatic rings. The summed E-state index contributed by atoms with van der Waals surface area (Å²) in [4.78, 5) is 0. The molecule has 2 nitrogen and oxygen atoms in total. The van der Waals surface area contributed by atoms with E-state index in [1.165, 1.54) is 13.2 Å². The van der Waals surface area contributed by atoms with Crippen LogP contribution in [0.5, 0.6) is 5.75 Å². The largest absolute Gasteiger partial charge is 0.493 e. The Kier molecular flexibility index (Phi) is 4.35. The molecule has 1 rings (SSSR count). The minimum Gasteiger partial charge on any atom is -0.493 e. The fraction of sp³-hybridized carbons (Fsp3) is 0.400. The van der Waals surface area contributed by atoms with Crippen LogP contribution in [0.4, 0.5) is 4.39 Å². The van der Waals surface area contributed by atoms with E-state index in [-0.39, 0.29) is 18.2 Å². The second kappa shape index (κ2) is 5.32. The van der Waals surface area contributed by atoms with Crippen LogP contribution in [0.1, 0.15) is 12.0 Å². The Bertz CT molecular complexity index is 315. The second-order valence-electron chi connectivity index (χ2n) is 2.87. The average molecular weight is 263 g/mol. The number of benzene rings is 1. The molecule has 1 aromatic carbocycles. The molecule has 0 aliphatic carbocycles. The summed E-state index contributed by atoms with van der Waals surface area (Å²) in [5.74, 6) is -0.114. The van der Waals surface area contributed by atoms with Gasteiger partial charge in [-0.2, -0.15) is 0 Å². The maximum Gasteiger partial charge on any atom is 0.165 e. The molecule has 14 heavy (non-hydrogen) atoms. The highest BCUT2D eigenvalue weighted by molar-refractivity contribution is 9.10. The van der Waals surface area contributed by atoms with Crippen LogP contribution in [0.25, 0.3) is 0 Å². The summed E-state index contributed by atoms with van der Waals surface area (Å²) < 4.78 is 19.0. The van der Waals surface area contributed by atoms with Gasteiger partial charge in [0.1, 0.15) is 0 Å². The highest BCUT2D eigenvalue weighted by atomic mass is 79.9. The van der Waals surface area contributed by atoms with E-state index in [0.717, 1.165) is 10.0 Å². The Morgan fingerprint density at radius 1 is 1.50 bits per heavy atom. The van der Waals surface area contributed by atoms with Crippen LogP contribution < -0.4 is 4.74 Å². The number of aliphatic hydroxyl groups excluding tert-OH is 1. The zero-order chi connectivity index (χ0) is 10.6. The smallest absolute Gasteiger partial charge is 0.165 e. The van der Waals surface area contributed by atoms with Gasteiger partial charge in [-0.3, -0.25) is 0 Å². The summed E-state index contributed by atoms with van der Waals surface area (Å²) in [5.41, 5.74) is 0.765. The summed E-state index contributed by atoms with van der Waals surface area (Å²) in [5, 5.41) is 8.70. The third-order valence-electron chi connectivity index (χ3n) is 1.94. The van der Waals surface area contributed by atoms with E-state index in [1.807, 2.05) is 0 Å². The molecule has 0 saturated heterocycles. The van der Waals surface area contributed by atoms with Crippen molar-refractivity contribution in [3.05, 3.63) is 28.0 Å². The molecular formula is C10H12BrFO2. The molecule has 4 heteroatoms. The maximum atomic E-state index is 13.2. The minimum atomic E-state index is -0.372. The van der Waals surface area contributed by atoms with E-state index in [9.17, 15) is 4.39 Å². The lowest BCUT2D eigenvalue weighted by molar-refractivity contribution is 0.287. The van der Waals surface area contributed by atoms with Crippen molar-refractivity contribution >= 4 is 15.9 Å². The van der Waals surface area contributed by atoms with E-state index >= 15 is 0 Å². The van der Waals surface area contributed by atoms with E-state index in [2.05, 4.69) is 15.9 Å². The molecule has 1 N–H and O–H groups in total. The van der Waals surface area contributed by atoms with Crippen LogP contribution in [0.2, 0.25) is 0 Å². The average Bonchev–Trinajstić information content (AvgIpc) is 2.19. The van der Waals surface area contributed by atoms with Crippen LogP contribution >= 0.6 is 15.9 Å². The third kappa shape index (κ3) is 2.45. The number of hydrogen-bond donors (Lipinski definition) is 1. The Labute approximate surface area is 90.8 Å². The lowest BCUT2D eigenvalue weighted by Crippen LogP contribution is -1.98. The van der Waals surface area contributed by atoms with Crippen LogP contribution in [0.15, 0.2) is 16.6 Å². The van der Waals surface area contributed by atoms with Crippen molar-refractivity contribution in [2.75, 3.05) is 13.7 Å². The summed E-state index contributed by atoms with van der Waals surface area (Å²) in [7, 11) is 1.44. The number of rotatable bonds is 4. The maximum absolute atomic E-state index is 13.2. The van der Waals surface area contributed by atoms with Gasteiger partial charge in [-0.25, -0.2) is 4.39 Å². The molecule has 78 valence electrons. The number of hydrogen-bond acceptors (Lipinski definition) is 2. The Balaban J connectivity index is 3.03. The number of ether oxygens (including phenoxy) is 1. The monoisotopic (exact) mass is 262 g/mol. The number of halogens is 2. The second-order valence-corrected chi connectivity index (χ2v) is 3.72. The van der Waals surface area contributed by atoms with Gasteiger partial charge in [0.2, 0.25) is 0 Å². The first-order chi connectivity index (χ1) is 6.70. The van der Waals surface area contributed by atoms with E-state index in [0.29, 0.717) is 12.8 Å². The van der Waals surface area contributed by atoms with Crippen molar-refractivity contribution in [2.45, 2.75) is 12.8 Å². The van der Waals surface area contributed by atoms with Gasteiger partial charge in [-0.05, 0) is 25.0 Å². The van der Waals surface area contributed by atoms with Gasteiger partial charge >= 0.3 is 0 Å². The SMILES string of the molecule is COc1c(F)ccc(Br)c1CCCO. The molecule has 0 atom stereocenters. The summed E-state index contributed by atoms with van der Waals surface area (Å²) in [6.45, 7) is 0.0894. The Morgan fingerprint density at radius 2 is 2.21 bits per heavy atom. The lowest BCUT2D eigenvalue weighted by atomic mass is 10.1. The van der Waals surface area contributed by atoms with Crippen LogP contribution in [0, 0.1) is 5.82 Å². The molecule has 0 bridgehead atoms. The quantitative estimate of drug-likeness (QED) is 0.904. The van der Waals surface area contributed by atoms with E-state index in [1.54, 1.807) is 6.07 Å². The molecular weight excluding hydrogens is 251 g/mol. The molecule has 0 unspecified atom stereocenters. The van der Waals surface area contributed by atoms with Crippen molar-refractivity contribution in [1.82, 2.24) is 0 Å². The van der Waals surface area contributed by atoms with Crippen molar-refractivity contribution in [3.63, 3.8) is 0 Å². The summed E-state index contributed by atoms with van der Waals surface area (Å²) >= 11 is 3.32. The predicted octanol–water partition coefficient (Wildman–Crippen LogP) is 2.52. The van der Waals surface area contributed by atoms with Crippen molar-refractivity contribution in [2.24, 2.45) is 0 Å². The van der Waals surface area contributed by atoms with Gasteiger partial charge in [0.15, 0.2) is 11.6 Å². The van der Waals surface area contributed by atoms with Crippen molar-refractivity contribution in [1.29, 1.82) is 0 Å². The van der Waals surface area contributed by atoms with Gasteiger partial charge in [-0.15, -0.1) is 0 Å². The standard InChI is InChI=1S/C10H12BrFO2/c1-14-10-7(3-2-6-13)8(11)4-5-9(10)12/h4-5,13H,2-3,6H2,1H3. The van der Waals surface area contributed by atoms with Gasteiger partial charge in [0.05, 0.1) is 7.11 Å². The van der Waals surface area contributed by atoms with E-state index < -0.39 is 0 Å². The highest BCUT2D eigenvalue weighted by Gasteiger charge is 2.12. The fourth-order valence-electron chi connectivity index (χ4n) is 1.28. The molecule has 0 aliphatic heterocycles. The number of methoxy groups -OCH3 is 1. The first-order valence-corrected chi connectivity index (χ1v) is 5.11. The van der Waals surface area contributed by atoms with Gasteiger partial charge in [-0.1, -0.05) is 15.9 Å². The molecule has 0 heterocycles. The molecule has 0 spiro atoms. The first kappa shape index (κ1) is 11.5. The van der Waals surface area contributed by atoms with Crippen LogP contribution in [-0.2, 0) is 6.42 Å². The van der Waals surface area contributed by atoms with Crippen LogP contribution in [0.3, 0.4) is 0 Å². The first-order valence-electron chi connectivity index (χ1n) is 4.32. The fourth-order valence-corrected chi connectivity index (χ4v) is 1.80. The third-order valence-corrected chi connectivity index (χ3v) is 2.69. The Morgan fingerprint density at radius 3 is 2.79 bits per heavy atom.